The maximum absolute atomic E-state index is 13.3. The summed E-state index contributed by atoms with van der Waals surface area (Å²) in [5, 5.41) is 23.7. The number of carbonyl (C=O) groups excluding carboxylic acids is 2. The highest BCUT2D eigenvalue weighted by Gasteiger charge is 2.64. The van der Waals surface area contributed by atoms with Crippen molar-refractivity contribution >= 4 is 11.9 Å². The Morgan fingerprint density at radius 1 is 0.618 bits per heavy atom. The summed E-state index contributed by atoms with van der Waals surface area (Å²) in [4.78, 5) is 26.7. The van der Waals surface area contributed by atoms with Crippen LogP contribution < -0.4 is 0 Å². The van der Waals surface area contributed by atoms with Crippen LogP contribution in [0.5, 0.6) is 0 Å². The Bertz CT molecular complexity index is 799. The first-order valence-corrected chi connectivity index (χ1v) is 11.3. The fourth-order valence-corrected chi connectivity index (χ4v) is 3.54. The summed E-state index contributed by atoms with van der Waals surface area (Å²) in [6.45, 7) is 0.941. The zero-order chi connectivity index (χ0) is 24.9. The second kappa shape index (κ2) is 13.8. The Morgan fingerprint density at radius 3 is 1.26 bits per heavy atom. The predicted octanol–water partition coefficient (Wildman–Crippen LogP) is 2.70. The fourth-order valence-electron chi connectivity index (χ4n) is 3.54. The molecule has 0 spiro atoms. The molecule has 0 saturated heterocycles. The third-order valence-corrected chi connectivity index (χ3v) is 5.45. The fraction of sp³-hybridized carbons (Fsp3) is 0.462. The summed E-state index contributed by atoms with van der Waals surface area (Å²) in [6.07, 6.45) is 2.25. The van der Waals surface area contributed by atoms with E-state index in [0.717, 1.165) is 0 Å². The van der Waals surface area contributed by atoms with Crippen LogP contribution in [0.4, 0.5) is 0 Å². The molecule has 0 aliphatic rings. The van der Waals surface area contributed by atoms with Gasteiger partial charge in [-0.1, -0.05) is 60.7 Å². The Labute approximate surface area is 200 Å². The number of unbranched alkanes of at least 4 members (excludes halogenated alkanes) is 2. The number of carbonyl (C=O) groups is 2. The van der Waals surface area contributed by atoms with E-state index in [9.17, 15) is 19.8 Å². The second-order valence-electron chi connectivity index (χ2n) is 7.82. The number of aliphatic hydroxyl groups is 2. The van der Waals surface area contributed by atoms with Gasteiger partial charge in [0, 0.05) is 27.4 Å². The van der Waals surface area contributed by atoms with Crippen molar-refractivity contribution in [2.45, 2.75) is 36.9 Å². The molecule has 0 amide bonds. The minimum atomic E-state index is -2.76. The maximum atomic E-state index is 13.3. The summed E-state index contributed by atoms with van der Waals surface area (Å²) in [7, 11) is 3.14. The molecule has 0 radical (unpaired) electrons. The molecule has 2 N–H and O–H groups in total. The molecule has 0 saturated carbocycles. The summed E-state index contributed by atoms with van der Waals surface area (Å²) < 4.78 is 20.7. The van der Waals surface area contributed by atoms with Crippen LogP contribution in [0.3, 0.4) is 0 Å². The predicted molar refractivity (Wildman–Crippen MR) is 125 cm³/mol. The highest BCUT2D eigenvalue weighted by Crippen LogP contribution is 2.43. The second-order valence-corrected chi connectivity index (χ2v) is 7.82. The van der Waals surface area contributed by atoms with Gasteiger partial charge in [-0.25, -0.2) is 9.59 Å². The third-order valence-electron chi connectivity index (χ3n) is 5.45. The third kappa shape index (κ3) is 6.42. The number of ether oxygens (including phenoxy) is 4. The smallest absolute Gasteiger partial charge is 0.347 e. The highest BCUT2D eigenvalue weighted by molar-refractivity contribution is 5.94. The number of benzene rings is 2. The van der Waals surface area contributed by atoms with Crippen molar-refractivity contribution in [3.05, 3.63) is 71.8 Å². The normalized spacial score (nSPS) is 14.6. The quantitative estimate of drug-likeness (QED) is 0.299. The highest BCUT2D eigenvalue weighted by atomic mass is 16.6. The van der Waals surface area contributed by atoms with Gasteiger partial charge < -0.3 is 29.2 Å². The van der Waals surface area contributed by atoms with Crippen molar-refractivity contribution in [2.24, 2.45) is 0 Å². The van der Waals surface area contributed by atoms with E-state index in [0.29, 0.717) is 38.9 Å². The van der Waals surface area contributed by atoms with Crippen LogP contribution in [0.2, 0.25) is 0 Å². The molecule has 0 heterocycles. The van der Waals surface area contributed by atoms with Crippen molar-refractivity contribution in [1.29, 1.82) is 0 Å². The van der Waals surface area contributed by atoms with Gasteiger partial charge in [0.2, 0.25) is 11.2 Å². The van der Waals surface area contributed by atoms with Crippen LogP contribution in [0.25, 0.3) is 0 Å². The molecule has 8 nitrogen and oxygen atoms in total. The van der Waals surface area contributed by atoms with Crippen molar-refractivity contribution in [1.82, 2.24) is 0 Å². The molecule has 34 heavy (non-hydrogen) atoms. The van der Waals surface area contributed by atoms with Crippen molar-refractivity contribution in [2.75, 3.05) is 40.6 Å². The van der Waals surface area contributed by atoms with Crippen molar-refractivity contribution in [3.8, 4) is 0 Å². The van der Waals surface area contributed by atoms with Crippen molar-refractivity contribution < 1.29 is 38.7 Å². The zero-order valence-electron chi connectivity index (χ0n) is 19.8. The molecule has 0 aliphatic carbocycles. The minimum absolute atomic E-state index is 0.000391. The van der Waals surface area contributed by atoms with Crippen LogP contribution in [0.1, 0.15) is 36.8 Å². The van der Waals surface area contributed by atoms with Gasteiger partial charge in [-0.3, -0.25) is 0 Å². The van der Waals surface area contributed by atoms with E-state index in [1.807, 2.05) is 0 Å². The van der Waals surface area contributed by atoms with E-state index in [-0.39, 0.29) is 24.3 Å². The summed E-state index contributed by atoms with van der Waals surface area (Å²) in [5.74, 6) is -2.31. The van der Waals surface area contributed by atoms with E-state index in [2.05, 4.69) is 0 Å². The number of hydrogen-bond donors (Lipinski definition) is 2. The first-order valence-electron chi connectivity index (χ1n) is 11.3. The summed E-state index contributed by atoms with van der Waals surface area (Å²) >= 11 is 0. The summed E-state index contributed by atoms with van der Waals surface area (Å²) in [5.41, 5.74) is -5.53. The van der Waals surface area contributed by atoms with Crippen LogP contribution >= 0.6 is 0 Å². The SMILES string of the molecule is COCCCCOC(=O)C(O)(c1ccccc1)C(O)(C(=O)OCCCCOC)c1ccccc1. The minimum Gasteiger partial charge on any atom is -0.463 e. The standard InChI is InChI=1S/C26H34O8/c1-31-17-9-11-19-33-23(27)25(29,21-13-5-3-6-14-21)26(30,22-15-7-4-8-16-22)24(28)34-20-12-10-18-32-2/h3-8,13-16,29-30H,9-12,17-20H2,1-2H3. The van der Waals surface area contributed by atoms with Crippen molar-refractivity contribution in [3.63, 3.8) is 0 Å². The van der Waals surface area contributed by atoms with Gasteiger partial charge in [-0.05, 0) is 36.8 Å². The Hall–Kier alpha value is -2.78. The Balaban J connectivity index is 2.45. The molecule has 2 atom stereocenters. The Kier molecular flexibility index (Phi) is 11.2. The molecule has 8 heteroatoms. The van der Waals surface area contributed by atoms with Crippen LogP contribution in [0.15, 0.2) is 60.7 Å². The lowest BCUT2D eigenvalue weighted by Crippen LogP contribution is -2.60. The number of methoxy groups -OCH3 is 2. The largest absolute Gasteiger partial charge is 0.463 e. The van der Waals surface area contributed by atoms with Gasteiger partial charge in [0.05, 0.1) is 13.2 Å². The zero-order valence-corrected chi connectivity index (χ0v) is 19.8. The Morgan fingerprint density at radius 2 is 0.941 bits per heavy atom. The van der Waals surface area contributed by atoms with Gasteiger partial charge in [0.1, 0.15) is 0 Å². The molecule has 0 aliphatic heterocycles. The molecular formula is C26H34O8. The van der Waals surface area contributed by atoms with E-state index in [1.165, 1.54) is 24.3 Å². The van der Waals surface area contributed by atoms with Gasteiger partial charge in [-0.15, -0.1) is 0 Å². The molecule has 2 aromatic carbocycles. The lowest BCUT2D eigenvalue weighted by molar-refractivity contribution is -0.220. The average Bonchev–Trinajstić information content (AvgIpc) is 2.88. The van der Waals surface area contributed by atoms with Gasteiger partial charge in [0.15, 0.2) is 0 Å². The van der Waals surface area contributed by atoms with E-state index in [4.69, 9.17) is 18.9 Å². The molecular weight excluding hydrogens is 440 g/mol. The van der Waals surface area contributed by atoms with Gasteiger partial charge >= 0.3 is 11.9 Å². The lowest BCUT2D eigenvalue weighted by Gasteiger charge is -2.40. The molecule has 0 bridgehead atoms. The van der Waals surface area contributed by atoms with Gasteiger partial charge in [-0.2, -0.15) is 0 Å². The van der Waals surface area contributed by atoms with E-state index in [1.54, 1.807) is 50.6 Å². The van der Waals surface area contributed by atoms with Crippen LogP contribution in [-0.2, 0) is 39.7 Å². The first-order chi connectivity index (χ1) is 16.4. The number of esters is 2. The molecule has 2 unspecified atom stereocenters. The van der Waals surface area contributed by atoms with Gasteiger partial charge in [0.25, 0.3) is 0 Å². The lowest BCUT2D eigenvalue weighted by atomic mass is 9.73. The maximum Gasteiger partial charge on any atom is 0.347 e. The summed E-state index contributed by atoms with van der Waals surface area (Å²) in [6, 6.07) is 15.5. The van der Waals surface area contributed by atoms with E-state index < -0.39 is 23.1 Å². The van der Waals surface area contributed by atoms with Crippen LogP contribution in [-0.4, -0.2) is 62.8 Å². The first kappa shape index (κ1) is 27.5. The molecule has 186 valence electrons. The monoisotopic (exact) mass is 474 g/mol. The number of rotatable bonds is 15. The average molecular weight is 475 g/mol. The molecule has 0 aromatic heterocycles. The molecule has 2 rings (SSSR count). The van der Waals surface area contributed by atoms with Crippen LogP contribution in [0, 0.1) is 0 Å². The molecule has 0 fully saturated rings. The topological polar surface area (TPSA) is 112 Å². The molecule has 2 aromatic rings. The van der Waals surface area contributed by atoms with E-state index >= 15 is 0 Å². The number of hydrogen-bond acceptors (Lipinski definition) is 8.